The molecule has 0 aliphatic rings. The zero-order valence-corrected chi connectivity index (χ0v) is 5.61. The van der Waals surface area contributed by atoms with Gasteiger partial charge in [-0.2, -0.15) is 5.10 Å². The molecule has 0 aliphatic carbocycles. The Labute approximate surface area is 54.2 Å². The first-order valence-corrected chi connectivity index (χ1v) is 2.86. The lowest BCUT2D eigenvalue weighted by atomic mass is 10.6. The molecule has 1 unspecified atom stereocenters. The molecule has 9 heavy (non-hydrogen) atoms. The van der Waals surface area contributed by atoms with Crippen LogP contribution in [0.3, 0.4) is 0 Å². The topological polar surface area (TPSA) is 27.1 Å². The van der Waals surface area contributed by atoms with Crippen LogP contribution in [0.5, 0.6) is 0 Å². The minimum absolute atomic E-state index is 0.0417. The molecule has 3 nitrogen and oxygen atoms in total. The largest absolute Gasteiger partial charge is 0.360 e. The van der Waals surface area contributed by atoms with Gasteiger partial charge in [0.25, 0.3) is 0 Å². The predicted molar refractivity (Wildman–Crippen MR) is 33.9 cm³/mol. The van der Waals surface area contributed by atoms with Crippen LogP contribution in [0.25, 0.3) is 0 Å². The van der Waals surface area contributed by atoms with Crippen LogP contribution >= 0.6 is 0 Å². The van der Waals surface area contributed by atoms with Gasteiger partial charge in [-0.15, -0.1) is 0 Å². The van der Waals surface area contributed by atoms with Crippen molar-refractivity contribution in [2.45, 2.75) is 13.2 Å². The molecule has 1 atom stereocenters. The first-order chi connectivity index (χ1) is 4.34. The maximum atomic E-state index is 5.00. The number of aromatic nitrogens is 2. The third-order valence-electron chi connectivity index (χ3n) is 1.24. The van der Waals surface area contributed by atoms with Crippen molar-refractivity contribution in [2.24, 2.45) is 0 Å². The average molecular weight is 126 g/mol. The Morgan fingerprint density at radius 2 is 2.44 bits per heavy atom. The van der Waals surface area contributed by atoms with Gasteiger partial charge in [0.1, 0.15) is 6.23 Å². The Morgan fingerprint density at radius 3 is 2.89 bits per heavy atom. The van der Waals surface area contributed by atoms with Crippen LogP contribution in [-0.2, 0) is 4.74 Å². The van der Waals surface area contributed by atoms with Gasteiger partial charge in [-0.3, -0.25) is 0 Å². The summed E-state index contributed by atoms with van der Waals surface area (Å²) in [4.78, 5) is 0. The monoisotopic (exact) mass is 126 g/mol. The molecule has 50 valence electrons. The van der Waals surface area contributed by atoms with E-state index in [1.165, 1.54) is 0 Å². The lowest BCUT2D eigenvalue weighted by Gasteiger charge is -2.07. The smallest absolute Gasteiger partial charge is 0.146 e. The highest BCUT2D eigenvalue weighted by Gasteiger charge is 1.97. The van der Waals surface area contributed by atoms with E-state index in [9.17, 15) is 0 Å². The molecule has 0 aliphatic heterocycles. The van der Waals surface area contributed by atoms with Gasteiger partial charge in [0, 0.05) is 19.5 Å². The summed E-state index contributed by atoms with van der Waals surface area (Å²) in [6, 6.07) is 1.87. The molecule has 1 rings (SSSR count). The highest BCUT2D eigenvalue weighted by molar-refractivity contribution is 4.78. The summed E-state index contributed by atoms with van der Waals surface area (Å²) >= 11 is 0. The summed E-state index contributed by atoms with van der Waals surface area (Å²) in [5, 5.41) is 3.98. The summed E-state index contributed by atoms with van der Waals surface area (Å²) in [7, 11) is 1.66. The van der Waals surface area contributed by atoms with Crippen LogP contribution in [0.1, 0.15) is 13.2 Å². The minimum Gasteiger partial charge on any atom is -0.360 e. The Hall–Kier alpha value is -0.830. The summed E-state index contributed by atoms with van der Waals surface area (Å²) in [5.74, 6) is 0. The van der Waals surface area contributed by atoms with Crippen molar-refractivity contribution in [1.29, 1.82) is 0 Å². The fraction of sp³-hybridized carbons (Fsp3) is 0.500. The number of ether oxygens (including phenoxy) is 1. The summed E-state index contributed by atoms with van der Waals surface area (Å²) in [6.45, 7) is 1.94. The van der Waals surface area contributed by atoms with Gasteiger partial charge in [0.05, 0.1) is 0 Å². The quantitative estimate of drug-likeness (QED) is 0.592. The Bertz CT molecular complexity index is 160. The normalized spacial score (nSPS) is 13.6. The number of hydrogen-bond donors (Lipinski definition) is 0. The first-order valence-electron chi connectivity index (χ1n) is 2.86. The Balaban J connectivity index is 2.65. The van der Waals surface area contributed by atoms with E-state index in [1.54, 1.807) is 18.0 Å². The van der Waals surface area contributed by atoms with E-state index in [0.29, 0.717) is 0 Å². The molecule has 1 aromatic heterocycles. The molecule has 0 aromatic carbocycles. The molecule has 1 heterocycles. The average Bonchev–Trinajstić information content (AvgIpc) is 2.37. The van der Waals surface area contributed by atoms with E-state index < -0.39 is 0 Å². The fourth-order valence-electron chi connectivity index (χ4n) is 0.604. The molecule has 1 aromatic rings. The highest BCUT2D eigenvalue weighted by atomic mass is 16.5. The predicted octanol–water partition coefficient (Wildman–Crippen LogP) is 1.05. The van der Waals surface area contributed by atoms with E-state index >= 15 is 0 Å². The Morgan fingerprint density at radius 1 is 1.67 bits per heavy atom. The summed E-state index contributed by atoms with van der Waals surface area (Å²) in [5.41, 5.74) is 0. The SMILES string of the molecule is COC(C)n1cccn1. The van der Waals surface area contributed by atoms with Gasteiger partial charge in [0.15, 0.2) is 0 Å². The second kappa shape index (κ2) is 2.64. The van der Waals surface area contributed by atoms with Gasteiger partial charge < -0.3 is 4.74 Å². The zero-order valence-electron chi connectivity index (χ0n) is 5.61. The van der Waals surface area contributed by atoms with Gasteiger partial charge >= 0.3 is 0 Å². The van der Waals surface area contributed by atoms with Gasteiger partial charge in [0.2, 0.25) is 0 Å². The summed E-state index contributed by atoms with van der Waals surface area (Å²) < 4.78 is 6.74. The second-order valence-electron chi connectivity index (χ2n) is 1.82. The van der Waals surface area contributed by atoms with Gasteiger partial charge in [-0.05, 0) is 13.0 Å². The molecule has 0 bridgehead atoms. The third-order valence-corrected chi connectivity index (χ3v) is 1.24. The van der Waals surface area contributed by atoms with Crippen molar-refractivity contribution in [3.05, 3.63) is 18.5 Å². The molecule has 0 spiro atoms. The molecule has 0 N–H and O–H groups in total. The second-order valence-corrected chi connectivity index (χ2v) is 1.82. The standard InChI is InChI=1S/C6H10N2O/c1-6(9-2)8-5-3-4-7-8/h3-6H,1-2H3. The molecule has 0 fully saturated rings. The molecule has 3 heteroatoms. The van der Waals surface area contributed by atoms with E-state index in [0.717, 1.165) is 0 Å². The number of methoxy groups -OCH3 is 1. The van der Waals surface area contributed by atoms with Crippen molar-refractivity contribution in [3.63, 3.8) is 0 Å². The fourth-order valence-corrected chi connectivity index (χ4v) is 0.604. The van der Waals surface area contributed by atoms with Crippen molar-refractivity contribution in [3.8, 4) is 0 Å². The van der Waals surface area contributed by atoms with Crippen LogP contribution in [0.15, 0.2) is 18.5 Å². The van der Waals surface area contributed by atoms with E-state index in [1.807, 2.05) is 19.2 Å². The van der Waals surface area contributed by atoms with Crippen molar-refractivity contribution in [1.82, 2.24) is 9.78 Å². The number of hydrogen-bond acceptors (Lipinski definition) is 2. The molecule has 0 saturated carbocycles. The van der Waals surface area contributed by atoms with Crippen LogP contribution in [-0.4, -0.2) is 16.9 Å². The molecule has 0 radical (unpaired) electrons. The molecule has 0 amide bonds. The highest BCUT2D eigenvalue weighted by Crippen LogP contribution is 2.01. The first kappa shape index (κ1) is 6.29. The van der Waals surface area contributed by atoms with Gasteiger partial charge in [-0.1, -0.05) is 0 Å². The van der Waals surface area contributed by atoms with E-state index in [-0.39, 0.29) is 6.23 Å². The third kappa shape index (κ3) is 1.29. The number of nitrogens with zero attached hydrogens (tertiary/aromatic N) is 2. The Kier molecular flexibility index (Phi) is 1.85. The lowest BCUT2D eigenvalue weighted by molar-refractivity contribution is 0.0501. The van der Waals surface area contributed by atoms with Crippen LogP contribution < -0.4 is 0 Å². The molecular formula is C6H10N2O. The van der Waals surface area contributed by atoms with Crippen molar-refractivity contribution in [2.75, 3.05) is 7.11 Å². The minimum atomic E-state index is 0.0417. The van der Waals surface area contributed by atoms with Crippen molar-refractivity contribution >= 4 is 0 Å². The molecule has 0 saturated heterocycles. The zero-order chi connectivity index (χ0) is 6.69. The van der Waals surface area contributed by atoms with Crippen molar-refractivity contribution < 1.29 is 4.74 Å². The number of rotatable bonds is 2. The maximum Gasteiger partial charge on any atom is 0.146 e. The van der Waals surface area contributed by atoms with Crippen LogP contribution in [0.4, 0.5) is 0 Å². The summed E-state index contributed by atoms with van der Waals surface area (Å²) in [6.07, 6.45) is 3.64. The van der Waals surface area contributed by atoms with Crippen LogP contribution in [0, 0.1) is 0 Å². The van der Waals surface area contributed by atoms with Gasteiger partial charge in [-0.25, -0.2) is 4.68 Å². The maximum absolute atomic E-state index is 5.00. The van der Waals surface area contributed by atoms with E-state index in [4.69, 9.17) is 4.74 Å². The van der Waals surface area contributed by atoms with E-state index in [2.05, 4.69) is 5.10 Å². The van der Waals surface area contributed by atoms with Crippen LogP contribution in [0.2, 0.25) is 0 Å². The molecular weight excluding hydrogens is 116 g/mol. The lowest BCUT2D eigenvalue weighted by Crippen LogP contribution is -2.06.